The van der Waals surface area contributed by atoms with Crippen molar-refractivity contribution in [2.45, 2.75) is 18.2 Å². The van der Waals surface area contributed by atoms with Crippen molar-refractivity contribution >= 4 is 50.0 Å². The number of sulfonamides is 1. The molecule has 0 fully saturated rings. The van der Waals surface area contributed by atoms with E-state index in [2.05, 4.69) is 30.2 Å². The molecule has 0 spiro atoms. The minimum Gasteiger partial charge on any atom is -0.369 e. The highest BCUT2D eigenvalue weighted by Crippen LogP contribution is 2.21. The number of carbonyl (C=O) groups is 1. The Labute approximate surface area is 188 Å². The van der Waals surface area contributed by atoms with E-state index in [0.29, 0.717) is 12.1 Å². The summed E-state index contributed by atoms with van der Waals surface area (Å²) in [4.78, 5) is 15.0. The van der Waals surface area contributed by atoms with Crippen molar-refractivity contribution in [2.24, 2.45) is 20.9 Å². The molecule has 0 saturated carbocycles. The monoisotopic (exact) mass is 472 g/mol. The van der Waals surface area contributed by atoms with Gasteiger partial charge in [-0.1, -0.05) is 41.7 Å². The lowest BCUT2D eigenvalue weighted by atomic mass is 10.2. The molecule has 0 radical (unpaired) electrons. The zero-order chi connectivity index (χ0) is 23.1. The second-order valence-electron chi connectivity index (χ2n) is 6.42. The predicted molar refractivity (Wildman–Crippen MR) is 123 cm³/mol. The van der Waals surface area contributed by atoms with Gasteiger partial charge in [-0.25, -0.2) is 0 Å². The van der Waals surface area contributed by atoms with E-state index in [-0.39, 0.29) is 21.9 Å². The van der Waals surface area contributed by atoms with Crippen molar-refractivity contribution in [2.75, 3.05) is 5.32 Å². The Kier molecular flexibility index (Phi) is 7.12. The molecule has 3 rings (SSSR count). The van der Waals surface area contributed by atoms with Crippen LogP contribution in [0.4, 0.5) is 10.8 Å². The third kappa shape index (κ3) is 6.58. The summed E-state index contributed by atoms with van der Waals surface area (Å²) in [5, 5.41) is 14.0. The minimum absolute atomic E-state index is 0.110. The molecule has 0 aliphatic carbocycles. The van der Waals surface area contributed by atoms with Gasteiger partial charge in [-0.3, -0.25) is 10.1 Å². The number of nitrogens with zero attached hydrogens (tertiary/aromatic N) is 4. The van der Waals surface area contributed by atoms with E-state index >= 15 is 0 Å². The van der Waals surface area contributed by atoms with E-state index in [1.165, 1.54) is 42.5 Å². The maximum atomic E-state index is 12.4. The third-order valence-electron chi connectivity index (χ3n) is 3.82. The smallest absolute Gasteiger partial charge is 0.285 e. The Hall–Kier alpha value is -3.84. The normalized spacial score (nSPS) is 12.4. The van der Waals surface area contributed by atoms with Crippen LogP contribution < -0.4 is 22.1 Å². The average molecular weight is 473 g/mol. The SMILES string of the molecule is CC(=O)Nc1ccc(S(=O)(=O)/N=C(\N)N/C(N)=N/c2nnc(Cc3ccccc3)s2)cc1. The first-order chi connectivity index (χ1) is 15.2. The summed E-state index contributed by atoms with van der Waals surface area (Å²) in [7, 11) is -4.10. The summed E-state index contributed by atoms with van der Waals surface area (Å²) in [6.45, 7) is 1.35. The second kappa shape index (κ2) is 9.98. The van der Waals surface area contributed by atoms with Gasteiger partial charge in [-0.05, 0) is 29.8 Å². The number of guanidine groups is 2. The molecule has 0 bridgehead atoms. The number of benzene rings is 2. The van der Waals surface area contributed by atoms with Crippen LogP contribution in [0, 0.1) is 0 Å². The molecule has 1 amide bonds. The van der Waals surface area contributed by atoms with Gasteiger partial charge in [0.25, 0.3) is 10.0 Å². The van der Waals surface area contributed by atoms with Gasteiger partial charge < -0.3 is 16.8 Å². The zero-order valence-corrected chi connectivity index (χ0v) is 18.5. The number of carbonyl (C=O) groups excluding carboxylic acids is 1. The van der Waals surface area contributed by atoms with Crippen molar-refractivity contribution < 1.29 is 13.2 Å². The minimum atomic E-state index is -4.10. The number of nitrogens with one attached hydrogen (secondary N) is 2. The van der Waals surface area contributed by atoms with Crippen molar-refractivity contribution in [1.29, 1.82) is 0 Å². The van der Waals surface area contributed by atoms with Gasteiger partial charge in [0.05, 0.1) is 4.90 Å². The van der Waals surface area contributed by atoms with E-state index in [1.807, 2.05) is 30.3 Å². The third-order valence-corrected chi connectivity index (χ3v) is 5.94. The Morgan fingerprint density at radius 1 is 1.03 bits per heavy atom. The van der Waals surface area contributed by atoms with Gasteiger partial charge in [0.15, 0.2) is 0 Å². The van der Waals surface area contributed by atoms with Crippen LogP contribution in [0.3, 0.4) is 0 Å². The van der Waals surface area contributed by atoms with Crippen LogP contribution in [-0.4, -0.2) is 36.4 Å². The number of aromatic nitrogens is 2. The summed E-state index contributed by atoms with van der Waals surface area (Å²) in [6.07, 6.45) is 0.601. The second-order valence-corrected chi connectivity index (χ2v) is 9.06. The maximum Gasteiger partial charge on any atom is 0.285 e. The summed E-state index contributed by atoms with van der Waals surface area (Å²) < 4.78 is 28.3. The predicted octanol–water partition coefficient (Wildman–Crippen LogP) is 1.33. The lowest BCUT2D eigenvalue weighted by Gasteiger charge is -2.05. The van der Waals surface area contributed by atoms with Gasteiger partial charge in [-0.2, -0.15) is 13.4 Å². The van der Waals surface area contributed by atoms with Gasteiger partial charge in [0.2, 0.25) is 23.0 Å². The van der Waals surface area contributed by atoms with Crippen molar-refractivity contribution in [3.63, 3.8) is 0 Å². The Bertz CT molecular complexity index is 1250. The highest BCUT2D eigenvalue weighted by molar-refractivity contribution is 7.90. The summed E-state index contributed by atoms with van der Waals surface area (Å²) in [5.41, 5.74) is 13.0. The molecule has 0 saturated heterocycles. The standard InChI is InChI=1S/C19H20N8O3S2/c1-12(28)22-14-7-9-15(10-8-14)32(29,30)27-18(21)23-17(20)24-19-26-25-16(31-19)11-13-5-3-2-4-6-13/h2-10H,11H2,1H3,(H,22,28)(H5,20,21,23,24,26,27). The Morgan fingerprint density at radius 2 is 1.72 bits per heavy atom. The van der Waals surface area contributed by atoms with Crippen LogP contribution in [0.15, 0.2) is 68.9 Å². The molecule has 11 nitrogen and oxygen atoms in total. The molecule has 0 atom stereocenters. The highest BCUT2D eigenvalue weighted by atomic mass is 32.2. The lowest BCUT2D eigenvalue weighted by molar-refractivity contribution is -0.114. The summed E-state index contributed by atoms with van der Waals surface area (Å²) in [5.74, 6) is -0.930. The molecule has 0 aliphatic heterocycles. The molecule has 1 heterocycles. The molecular formula is C19H20N8O3S2. The Morgan fingerprint density at radius 3 is 2.38 bits per heavy atom. The van der Waals surface area contributed by atoms with E-state index in [0.717, 1.165) is 10.6 Å². The number of amides is 1. The number of aliphatic imine (C=N–C) groups is 1. The van der Waals surface area contributed by atoms with Crippen molar-refractivity contribution in [3.8, 4) is 0 Å². The van der Waals surface area contributed by atoms with Crippen LogP contribution in [0.1, 0.15) is 17.5 Å². The molecule has 13 heteroatoms. The topological polar surface area (TPSA) is 178 Å². The average Bonchev–Trinajstić information content (AvgIpc) is 3.14. The number of hydrogen-bond acceptors (Lipinski definition) is 7. The number of rotatable bonds is 6. The Balaban J connectivity index is 1.65. The maximum absolute atomic E-state index is 12.4. The van der Waals surface area contributed by atoms with E-state index in [4.69, 9.17) is 11.5 Å². The van der Waals surface area contributed by atoms with Gasteiger partial charge >= 0.3 is 0 Å². The molecule has 6 N–H and O–H groups in total. The van der Waals surface area contributed by atoms with E-state index < -0.39 is 16.0 Å². The van der Waals surface area contributed by atoms with Crippen LogP contribution in [0.25, 0.3) is 0 Å². The highest BCUT2D eigenvalue weighted by Gasteiger charge is 2.14. The fraction of sp³-hybridized carbons (Fsp3) is 0.105. The molecule has 32 heavy (non-hydrogen) atoms. The first-order valence-electron chi connectivity index (χ1n) is 9.17. The number of nitrogens with two attached hydrogens (primary N) is 2. The fourth-order valence-corrected chi connectivity index (χ4v) is 4.16. The fourth-order valence-electron chi connectivity index (χ4n) is 2.51. The van der Waals surface area contributed by atoms with E-state index in [1.54, 1.807) is 0 Å². The molecular weight excluding hydrogens is 452 g/mol. The number of hydrogen-bond donors (Lipinski definition) is 4. The number of anilines is 1. The summed E-state index contributed by atoms with van der Waals surface area (Å²) >= 11 is 1.24. The molecule has 1 aromatic heterocycles. The molecule has 2 aromatic carbocycles. The first-order valence-corrected chi connectivity index (χ1v) is 11.4. The van der Waals surface area contributed by atoms with Gasteiger partial charge in [-0.15, -0.1) is 14.6 Å². The van der Waals surface area contributed by atoms with Crippen LogP contribution in [-0.2, 0) is 21.2 Å². The lowest BCUT2D eigenvalue weighted by Crippen LogP contribution is -2.41. The summed E-state index contributed by atoms with van der Waals surface area (Å²) in [6, 6.07) is 15.2. The van der Waals surface area contributed by atoms with Crippen molar-refractivity contribution in [3.05, 3.63) is 65.2 Å². The zero-order valence-electron chi connectivity index (χ0n) is 16.9. The van der Waals surface area contributed by atoms with Crippen molar-refractivity contribution in [1.82, 2.24) is 15.5 Å². The molecule has 0 aliphatic rings. The largest absolute Gasteiger partial charge is 0.369 e. The van der Waals surface area contributed by atoms with Gasteiger partial charge in [0, 0.05) is 19.0 Å². The quantitative estimate of drug-likeness (QED) is 0.306. The molecule has 3 aromatic rings. The van der Waals surface area contributed by atoms with Crippen LogP contribution in [0.5, 0.6) is 0 Å². The van der Waals surface area contributed by atoms with Crippen LogP contribution in [0.2, 0.25) is 0 Å². The van der Waals surface area contributed by atoms with Gasteiger partial charge in [0.1, 0.15) is 5.01 Å². The molecule has 166 valence electrons. The van der Waals surface area contributed by atoms with E-state index in [9.17, 15) is 13.2 Å². The molecule has 0 unspecified atom stereocenters. The van der Waals surface area contributed by atoms with Crippen LogP contribution >= 0.6 is 11.3 Å². The first kappa shape index (κ1) is 22.8.